The molecule has 8 atom stereocenters. The standard InChI is InChI=1S/2C16H21FN2O8/c2*1-9(20)26-11-8-25-14(24-3)16(17,13(11)27-10(2)21)5-7-19-6-4-12(22)18-15(19)23/h2*4,6,11,13-14H,5,7-8H2,1-3H3,(H,18,22,23)/t11-,13-,14+,16-;11-,13-,14-,16-/m11/s1. The van der Waals surface area contributed by atoms with E-state index < -0.39 is 94.7 Å². The lowest BCUT2D eigenvalue weighted by molar-refractivity contribution is -0.293. The van der Waals surface area contributed by atoms with Gasteiger partial charge in [-0.3, -0.25) is 38.7 Å². The molecule has 2 N–H and O–H groups in total. The number of nitrogens with zero attached hydrogens (tertiary/aromatic N) is 2. The number of carbonyl (C=O) groups is 4. The number of methoxy groups -OCH3 is 2. The van der Waals surface area contributed by atoms with Crippen molar-refractivity contribution in [3.63, 3.8) is 0 Å². The van der Waals surface area contributed by atoms with Gasteiger partial charge in [0.05, 0.1) is 13.2 Å². The number of aryl methyl sites for hydroxylation is 2. The molecule has 2 aliphatic heterocycles. The van der Waals surface area contributed by atoms with E-state index in [1.54, 1.807) is 0 Å². The number of aromatic amines is 2. The highest BCUT2D eigenvalue weighted by molar-refractivity contribution is 5.68. The van der Waals surface area contributed by atoms with Crippen LogP contribution in [0.5, 0.6) is 0 Å². The number of hydrogen-bond donors (Lipinski definition) is 2. The van der Waals surface area contributed by atoms with Crippen molar-refractivity contribution in [2.75, 3.05) is 27.4 Å². The molecule has 300 valence electrons. The first-order valence-corrected chi connectivity index (χ1v) is 16.3. The highest BCUT2D eigenvalue weighted by Gasteiger charge is 2.59. The lowest BCUT2D eigenvalue weighted by atomic mass is 9.87. The first kappa shape index (κ1) is 43.3. The van der Waals surface area contributed by atoms with Gasteiger partial charge in [0, 0.05) is 92.4 Å². The number of hydrogen-bond acceptors (Lipinski definition) is 16. The topological polar surface area (TPSA) is 252 Å². The van der Waals surface area contributed by atoms with Crippen molar-refractivity contribution >= 4 is 23.9 Å². The summed E-state index contributed by atoms with van der Waals surface area (Å²) in [5.41, 5.74) is -7.47. The molecule has 0 amide bonds. The number of aromatic nitrogens is 4. The van der Waals surface area contributed by atoms with E-state index >= 15 is 8.78 Å². The molecule has 4 heterocycles. The quantitative estimate of drug-likeness (QED) is 0.194. The number of rotatable bonds is 12. The summed E-state index contributed by atoms with van der Waals surface area (Å²) in [6, 6.07) is 2.23. The zero-order valence-electron chi connectivity index (χ0n) is 30.2. The van der Waals surface area contributed by atoms with Crippen molar-refractivity contribution in [3.8, 4) is 0 Å². The Kier molecular flexibility index (Phi) is 15.1. The summed E-state index contributed by atoms with van der Waals surface area (Å²) >= 11 is 0. The Balaban J connectivity index is 0.000000290. The van der Waals surface area contributed by atoms with Crippen molar-refractivity contribution in [1.82, 2.24) is 19.1 Å². The van der Waals surface area contributed by atoms with Gasteiger partial charge in [-0.1, -0.05) is 0 Å². The van der Waals surface area contributed by atoms with E-state index in [0.717, 1.165) is 49.0 Å². The SMILES string of the molecule is CO[C@@H]1OC[C@@H](OC(C)=O)[C@@H](OC(C)=O)[C@]1(F)CCn1ccc(=O)[nH]c1=O.CO[C@H]1OC[C@@H](OC(C)=O)[C@@H](OC(C)=O)[C@]1(F)CCn1ccc(=O)[nH]c1=O. The molecule has 0 aromatic carbocycles. The van der Waals surface area contributed by atoms with Gasteiger partial charge in [0.2, 0.25) is 11.3 Å². The van der Waals surface area contributed by atoms with Gasteiger partial charge in [0.15, 0.2) is 37.0 Å². The smallest absolute Gasteiger partial charge is 0.328 e. The van der Waals surface area contributed by atoms with Crippen LogP contribution in [0.4, 0.5) is 8.78 Å². The molecule has 22 heteroatoms. The Labute approximate surface area is 304 Å². The van der Waals surface area contributed by atoms with E-state index in [1.807, 2.05) is 0 Å². The molecule has 0 aliphatic carbocycles. The second-order valence-corrected chi connectivity index (χ2v) is 12.1. The third-order valence-corrected chi connectivity index (χ3v) is 8.14. The van der Waals surface area contributed by atoms with Gasteiger partial charge in [-0.2, -0.15) is 0 Å². The maximum absolute atomic E-state index is 16.0. The number of ether oxygens (including phenoxy) is 8. The zero-order chi connectivity index (χ0) is 40.4. The van der Waals surface area contributed by atoms with E-state index in [9.17, 15) is 38.4 Å². The Bertz CT molecular complexity index is 1750. The molecule has 2 aliphatic rings. The predicted molar refractivity (Wildman–Crippen MR) is 175 cm³/mol. The molecule has 2 aromatic heterocycles. The normalized spacial score (nSPS) is 27.8. The van der Waals surface area contributed by atoms with Crippen LogP contribution in [0.25, 0.3) is 0 Å². The molecule has 0 bridgehead atoms. The van der Waals surface area contributed by atoms with E-state index in [2.05, 4.69) is 9.97 Å². The molecule has 4 rings (SSSR count). The fourth-order valence-electron chi connectivity index (χ4n) is 5.90. The molecule has 2 aromatic rings. The molecule has 54 heavy (non-hydrogen) atoms. The molecule has 0 spiro atoms. The van der Waals surface area contributed by atoms with Crippen LogP contribution in [0.3, 0.4) is 0 Å². The summed E-state index contributed by atoms with van der Waals surface area (Å²) < 4.78 is 75.0. The van der Waals surface area contributed by atoms with Gasteiger partial charge < -0.3 is 47.0 Å². The van der Waals surface area contributed by atoms with Crippen LogP contribution >= 0.6 is 0 Å². The van der Waals surface area contributed by atoms with Crippen LogP contribution in [0.2, 0.25) is 0 Å². The van der Waals surface area contributed by atoms with Gasteiger partial charge in [-0.05, 0) is 0 Å². The van der Waals surface area contributed by atoms with Crippen LogP contribution in [-0.2, 0) is 70.2 Å². The van der Waals surface area contributed by atoms with E-state index in [0.29, 0.717) is 0 Å². The van der Waals surface area contributed by atoms with Gasteiger partial charge in [-0.15, -0.1) is 0 Å². The first-order chi connectivity index (χ1) is 25.3. The Hall–Kier alpha value is -5.06. The van der Waals surface area contributed by atoms with Gasteiger partial charge in [0.1, 0.15) is 0 Å². The molecule has 0 radical (unpaired) electrons. The lowest BCUT2D eigenvalue weighted by Gasteiger charge is -2.44. The molecule has 2 fully saturated rings. The zero-order valence-corrected chi connectivity index (χ0v) is 30.2. The van der Waals surface area contributed by atoms with Crippen LogP contribution in [0, 0.1) is 0 Å². The van der Waals surface area contributed by atoms with E-state index in [4.69, 9.17) is 37.9 Å². The van der Waals surface area contributed by atoms with Gasteiger partial charge in [-0.25, -0.2) is 18.4 Å². The second-order valence-electron chi connectivity index (χ2n) is 12.1. The van der Waals surface area contributed by atoms with Crippen molar-refractivity contribution in [1.29, 1.82) is 0 Å². The van der Waals surface area contributed by atoms with Gasteiger partial charge >= 0.3 is 35.3 Å². The number of esters is 4. The number of halogens is 2. The average Bonchev–Trinajstić information content (AvgIpc) is 3.07. The van der Waals surface area contributed by atoms with Crippen molar-refractivity contribution in [3.05, 3.63) is 66.2 Å². The van der Waals surface area contributed by atoms with Crippen LogP contribution < -0.4 is 22.5 Å². The van der Waals surface area contributed by atoms with Crippen molar-refractivity contribution < 1.29 is 65.9 Å². The largest absolute Gasteiger partial charge is 0.456 e. The van der Waals surface area contributed by atoms with E-state index in [1.165, 1.54) is 26.6 Å². The summed E-state index contributed by atoms with van der Waals surface area (Å²) in [5.74, 6) is -2.96. The second kappa shape index (κ2) is 18.8. The Morgan fingerprint density at radius 3 is 1.28 bits per heavy atom. The first-order valence-electron chi connectivity index (χ1n) is 16.3. The Morgan fingerprint density at radius 2 is 1.00 bits per heavy atom. The molecular weight excluding hydrogens is 734 g/mol. The number of carbonyl (C=O) groups excluding carboxylic acids is 4. The maximum Gasteiger partial charge on any atom is 0.328 e. The van der Waals surface area contributed by atoms with Gasteiger partial charge in [0.25, 0.3) is 11.1 Å². The number of nitrogens with one attached hydrogen (secondary N) is 2. The predicted octanol–water partition coefficient (Wildman–Crippen LogP) is -0.998. The third kappa shape index (κ3) is 11.0. The minimum atomic E-state index is -2.42. The monoisotopic (exact) mass is 776 g/mol. The molecular formula is C32H42F2N4O16. The Morgan fingerprint density at radius 1 is 0.667 bits per heavy atom. The summed E-state index contributed by atoms with van der Waals surface area (Å²) in [7, 11) is 2.42. The molecule has 0 unspecified atom stereocenters. The highest BCUT2D eigenvalue weighted by atomic mass is 19.1. The van der Waals surface area contributed by atoms with Crippen LogP contribution in [0.1, 0.15) is 40.5 Å². The molecule has 2 saturated heterocycles. The molecule has 20 nitrogen and oxygen atoms in total. The minimum absolute atomic E-state index is 0.181. The fourth-order valence-corrected chi connectivity index (χ4v) is 5.90. The number of H-pyrrole nitrogens is 2. The molecule has 0 saturated carbocycles. The van der Waals surface area contributed by atoms with Crippen LogP contribution in [0.15, 0.2) is 43.7 Å². The van der Waals surface area contributed by atoms with Crippen LogP contribution in [-0.4, -0.2) is 119 Å². The summed E-state index contributed by atoms with van der Waals surface area (Å²) in [6.45, 7) is 3.62. The lowest BCUT2D eigenvalue weighted by Crippen LogP contribution is -2.63. The van der Waals surface area contributed by atoms with Crippen molar-refractivity contribution in [2.45, 2.75) is 102 Å². The average molecular weight is 777 g/mol. The fraction of sp³-hybridized carbons (Fsp3) is 0.625. The number of alkyl halides is 2. The summed E-state index contributed by atoms with van der Waals surface area (Å²) in [5, 5.41) is 0. The van der Waals surface area contributed by atoms with E-state index in [-0.39, 0.29) is 39.1 Å². The third-order valence-electron chi connectivity index (χ3n) is 8.14. The maximum atomic E-state index is 16.0. The summed E-state index contributed by atoms with van der Waals surface area (Å²) in [6.07, 6.45) is -6.57. The minimum Gasteiger partial charge on any atom is -0.456 e. The van der Waals surface area contributed by atoms with Crippen molar-refractivity contribution in [2.24, 2.45) is 0 Å². The summed E-state index contributed by atoms with van der Waals surface area (Å²) in [4.78, 5) is 95.6. The highest BCUT2D eigenvalue weighted by Crippen LogP contribution is 2.39.